The quantitative estimate of drug-likeness (QED) is 0.162. The summed E-state index contributed by atoms with van der Waals surface area (Å²) in [6.07, 6.45) is 2.44. The Bertz CT molecular complexity index is 1850. The number of fused-ring (bicyclic) bond motifs is 2. The van der Waals surface area contributed by atoms with Crippen molar-refractivity contribution in [1.29, 1.82) is 0 Å². The first-order chi connectivity index (χ1) is 18.7. The molecule has 1 atom stereocenters. The van der Waals surface area contributed by atoms with Crippen molar-refractivity contribution in [2.45, 2.75) is 44.6 Å². The molecule has 2 aromatic heterocycles. The van der Waals surface area contributed by atoms with Crippen LogP contribution in [0, 0.1) is 13.8 Å². The number of ether oxygens (including phenoxy) is 1. The van der Waals surface area contributed by atoms with Crippen LogP contribution in [0.4, 0.5) is 0 Å². The van der Waals surface area contributed by atoms with E-state index in [1.165, 1.54) is 18.2 Å². The lowest BCUT2D eigenvalue weighted by atomic mass is 10.0. The summed E-state index contributed by atoms with van der Waals surface area (Å²) < 4.78 is 40.3. The minimum absolute atomic E-state index is 0.0422. The summed E-state index contributed by atoms with van der Waals surface area (Å²) in [7, 11) is -4.05. The molecule has 0 saturated heterocycles. The molecule has 0 amide bonds. The zero-order valence-corrected chi connectivity index (χ0v) is 22.6. The molecule has 2 N–H and O–H groups in total. The average Bonchev–Trinajstić information content (AvgIpc) is 3.32. The number of aromatic amines is 1. The Labute approximate surface area is 225 Å². The van der Waals surface area contributed by atoms with Crippen molar-refractivity contribution in [3.63, 3.8) is 0 Å². The van der Waals surface area contributed by atoms with Crippen LogP contribution in [0.2, 0.25) is 0 Å². The smallest absolute Gasteiger partial charge is 0.336 e. The van der Waals surface area contributed by atoms with Gasteiger partial charge < -0.3 is 14.1 Å². The molecule has 0 aliphatic heterocycles. The van der Waals surface area contributed by atoms with Crippen LogP contribution >= 0.6 is 0 Å². The third kappa shape index (κ3) is 5.36. The van der Waals surface area contributed by atoms with Crippen molar-refractivity contribution in [1.82, 2.24) is 9.71 Å². The predicted octanol–water partition coefficient (Wildman–Crippen LogP) is 4.95. The molecule has 200 valence electrons. The molecule has 0 saturated carbocycles. The van der Waals surface area contributed by atoms with E-state index in [0.717, 1.165) is 33.0 Å². The maximum Gasteiger partial charge on any atom is 0.336 e. The zero-order valence-electron chi connectivity index (χ0n) is 21.8. The van der Waals surface area contributed by atoms with Gasteiger partial charge in [-0.25, -0.2) is 18.0 Å². The van der Waals surface area contributed by atoms with Gasteiger partial charge in [0.25, 0.3) is 0 Å². The van der Waals surface area contributed by atoms with Crippen LogP contribution < -0.4 is 15.1 Å². The van der Waals surface area contributed by atoms with Crippen molar-refractivity contribution in [2.24, 2.45) is 0 Å². The monoisotopic (exact) mass is 544 g/mol. The SMILES string of the molecule is CCc1cc(=O)oc2c(C)c(OC(=O)C(Cc3c[nH]c4ccccc34)NS(=O)(=O)c3ccc(C)cc3)ccc12. The van der Waals surface area contributed by atoms with E-state index in [4.69, 9.17) is 9.15 Å². The first-order valence-corrected chi connectivity index (χ1v) is 14.1. The van der Waals surface area contributed by atoms with E-state index < -0.39 is 27.7 Å². The van der Waals surface area contributed by atoms with Gasteiger partial charge in [-0.2, -0.15) is 4.72 Å². The second-order valence-electron chi connectivity index (χ2n) is 9.48. The minimum atomic E-state index is -4.05. The van der Waals surface area contributed by atoms with Crippen LogP contribution in [-0.4, -0.2) is 25.4 Å². The van der Waals surface area contributed by atoms with Gasteiger partial charge in [0.2, 0.25) is 10.0 Å². The maximum absolute atomic E-state index is 13.6. The van der Waals surface area contributed by atoms with Crippen LogP contribution in [0.1, 0.15) is 29.2 Å². The Morgan fingerprint density at radius 1 is 1.00 bits per heavy atom. The Morgan fingerprint density at radius 2 is 1.74 bits per heavy atom. The summed E-state index contributed by atoms with van der Waals surface area (Å²) in [5.41, 5.74) is 3.67. The van der Waals surface area contributed by atoms with Gasteiger partial charge in [0.15, 0.2) is 0 Å². The number of aryl methyl sites for hydroxylation is 3. The molecule has 0 fully saturated rings. The fourth-order valence-electron chi connectivity index (χ4n) is 4.66. The summed E-state index contributed by atoms with van der Waals surface area (Å²) in [6, 6.07) is 17.5. The Kier molecular flexibility index (Phi) is 7.12. The van der Waals surface area contributed by atoms with Crippen LogP contribution in [0.25, 0.3) is 21.9 Å². The van der Waals surface area contributed by atoms with E-state index in [2.05, 4.69) is 9.71 Å². The fraction of sp³-hybridized carbons (Fsp3) is 0.200. The van der Waals surface area contributed by atoms with E-state index in [9.17, 15) is 18.0 Å². The van der Waals surface area contributed by atoms with Gasteiger partial charge in [-0.1, -0.05) is 42.8 Å². The number of carbonyl (C=O) groups is 1. The molecule has 1 unspecified atom stereocenters. The second kappa shape index (κ2) is 10.5. The summed E-state index contributed by atoms with van der Waals surface area (Å²) >= 11 is 0. The predicted molar refractivity (Wildman–Crippen MR) is 150 cm³/mol. The van der Waals surface area contributed by atoms with Crippen LogP contribution in [0.15, 0.2) is 87.0 Å². The number of carbonyl (C=O) groups excluding carboxylic acids is 1. The van der Waals surface area contributed by atoms with Gasteiger partial charge in [0, 0.05) is 40.5 Å². The molecule has 5 aromatic rings. The molecule has 39 heavy (non-hydrogen) atoms. The van der Waals surface area contributed by atoms with Crippen LogP contribution in [0.5, 0.6) is 5.75 Å². The molecule has 0 bridgehead atoms. The standard InChI is InChI=1S/C30H28N2O6S/c1-4-20-16-28(33)38-29-19(3)27(14-13-24(20)29)37-30(34)26(15-21-17-31-25-8-6-5-7-23(21)25)32-39(35,36)22-11-9-18(2)10-12-22/h5-14,16-17,26,31-32H,4,15H2,1-3H3. The number of hydrogen-bond donors (Lipinski definition) is 2. The topological polar surface area (TPSA) is 118 Å². The Morgan fingerprint density at radius 3 is 2.49 bits per heavy atom. The highest BCUT2D eigenvalue weighted by molar-refractivity contribution is 7.89. The third-order valence-corrected chi connectivity index (χ3v) is 8.29. The minimum Gasteiger partial charge on any atom is -0.425 e. The lowest BCUT2D eigenvalue weighted by molar-refractivity contribution is -0.136. The largest absolute Gasteiger partial charge is 0.425 e. The number of rotatable bonds is 8. The summed E-state index contributed by atoms with van der Waals surface area (Å²) in [5, 5.41) is 1.63. The van der Waals surface area contributed by atoms with Crippen LogP contribution in [-0.2, 0) is 27.7 Å². The number of aromatic nitrogens is 1. The second-order valence-corrected chi connectivity index (χ2v) is 11.2. The molecule has 3 aromatic carbocycles. The highest BCUT2D eigenvalue weighted by Gasteiger charge is 2.29. The van der Waals surface area contributed by atoms with Crippen molar-refractivity contribution < 1.29 is 22.4 Å². The number of H-pyrrole nitrogens is 1. The molecular formula is C30H28N2O6S. The third-order valence-electron chi connectivity index (χ3n) is 6.80. The fourth-order valence-corrected chi connectivity index (χ4v) is 5.84. The Balaban J connectivity index is 1.51. The summed E-state index contributed by atoms with van der Waals surface area (Å²) in [6.45, 7) is 5.49. The highest BCUT2D eigenvalue weighted by Crippen LogP contribution is 2.29. The number of para-hydroxylation sites is 1. The first-order valence-electron chi connectivity index (χ1n) is 12.6. The average molecular weight is 545 g/mol. The number of benzene rings is 3. The van der Waals surface area contributed by atoms with E-state index in [-0.39, 0.29) is 17.1 Å². The number of nitrogens with one attached hydrogen (secondary N) is 2. The highest BCUT2D eigenvalue weighted by atomic mass is 32.2. The van der Waals surface area contributed by atoms with Gasteiger partial charge >= 0.3 is 11.6 Å². The molecule has 0 aliphatic rings. The maximum atomic E-state index is 13.6. The number of esters is 1. The Hall–Kier alpha value is -4.21. The van der Waals surface area contributed by atoms with E-state index >= 15 is 0 Å². The van der Waals surface area contributed by atoms with Crippen molar-refractivity contribution in [2.75, 3.05) is 0 Å². The first kappa shape index (κ1) is 26.4. The molecule has 0 aliphatic carbocycles. The molecule has 2 heterocycles. The van der Waals surface area contributed by atoms with Gasteiger partial charge in [-0.15, -0.1) is 0 Å². The summed E-state index contributed by atoms with van der Waals surface area (Å²) in [4.78, 5) is 28.9. The number of sulfonamides is 1. The molecule has 8 nitrogen and oxygen atoms in total. The summed E-state index contributed by atoms with van der Waals surface area (Å²) in [5.74, 6) is -0.602. The van der Waals surface area contributed by atoms with Gasteiger partial charge in [-0.05, 0) is 61.7 Å². The van der Waals surface area contributed by atoms with E-state index in [1.807, 2.05) is 38.1 Å². The number of hydrogen-bond acceptors (Lipinski definition) is 6. The van der Waals surface area contributed by atoms with Crippen molar-refractivity contribution in [3.05, 3.63) is 106 Å². The van der Waals surface area contributed by atoms with Gasteiger partial charge in [0.05, 0.1) is 4.90 Å². The molecule has 9 heteroatoms. The van der Waals surface area contributed by atoms with Gasteiger partial charge in [-0.3, -0.25) is 0 Å². The lowest BCUT2D eigenvalue weighted by Crippen LogP contribution is -2.44. The van der Waals surface area contributed by atoms with Crippen molar-refractivity contribution >= 4 is 37.9 Å². The normalized spacial score (nSPS) is 12.6. The van der Waals surface area contributed by atoms with Crippen molar-refractivity contribution in [3.8, 4) is 5.75 Å². The molecule has 5 rings (SSSR count). The van der Waals surface area contributed by atoms with Crippen LogP contribution in [0.3, 0.4) is 0 Å². The van der Waals surface area contributed by atoms with E-state index in [1.54, 1.807) is 37.4 Å². The van der Waals surface area contributed by atoms with Gasteiger partial charge in [0.1, 0.15) is 17.4 Å². The molecular weight excluding hydrogens is 516 g/mol. The zero-order chi connectivity index (χ0) is 27.7. The molecule has 0 radical (unpaired) electrons. The van der Waals surface area contributed by atoms with E-state index in [0.29, 0.717) is 17.6 Å². The lowest BCUT2D eigenvalue weighted by Gasteiger charge is -2.19. The molecule has 0 spiro atoms.